The summed E-state index contributed by atoms with van der Waals surface area (Å²) >= 11 is 3.44. The summed E-state index contributed by atoms with van der Waals surface area (Å²) in [4.78, 5) is 13.2. The number of rotatable bonds is 2. The highest BCUT2D eigenvalue weighted by atomic mass is 79.9. The summed E-state index contributed by atoms with van der Waals surface area (Å²) < 4.78 is 4.44. The summed E-state index contributed by atoms with van der Waals surface area (Å²) in [6.07, 6.45) is 3.10. The van der Waals surface area contributed by atoms with Crippen molar-refractivity contribution in [1.82, 2.24) is 34.3 Å². The molecule has 4 rings (SSSR count). The molecule has 114 valence electrons. The maximum atomic E-state index is 4.69. The maximum absolute atomic E-state index is 4.69. The Balaban J connectivity index is 2.04. The smallest absolute Gasteiger partial charge is 0.185 e. The van der Waals surface area contributed by atoms with Crippen LogP contribution in [0.5, 0.6) is 0 Å². The van der Waals surface area contributed by atoms with Crippen LogP contribution in [0.2, 0.25) is 0 Å². The third-order valence-corrected chi connectivity index (χ3v) is 4.08. The monoisotopic (exact) mass is 369 g/mol. The Bertz CT molecular complexity index is 987. The Morgan fingerprint density at radius 1 is 1.04 bits per heavy atom. The average Bonchev–Trinajstić information content (AvgIpc) is 3.17. The molecule has 0 atom stereocenters. The summed E-state index contributed by atoms with van der Waals surface area (Å²) in [6.45, 7) is 3.86. The lowest BCUT2D eigenvalue weighted by molar-refractivity contribution is 0.800. The van der Waals surface area contributed by atoms with E-state index in [0.29, 0.717) is 11.6 Å². The van der Waals surface area contributed by atoms with Crippen LogP contribution >= 0.6 is 15.9 Å². The van der Waals surface area contributed by atoms with E-state index in [1.54, 1.807) is 15.5 Å². The van der Waals surface area contributed by atoms with Gasteiger partial charge in [-0.1, -0.05) is 28.1 Å². The van der Waals surface area contributed by atoms with E-state index in [9.17, 15) is 0 Å². The first-order valence-corrected chi connectivity index (χ1v) is 7.77. The SMILES string of the molecule is Cc1nc(C)n2nc(-c3ccc(Br)cc3)nc(-n3cncn3)c12. The van der Waals surface area contributed by atoms with Gasteiger partial charge in [-0.05, 0) is 26.0 Å². The molecule has 0 aliphatic rings. The van der Waals surface area contributed by atoms with Crippen molar-refractivity contribution < 1.29 is 0 Å². The average molecular weight is 370 g/mol. The fraction of sp³-hybridized carbons (Fsp3) is 0.133. The third-order valence-electron chi connectivity index (χ3n) is 3.55. The first-order chi connectivity index (χ1) is 11.1. The number of hydrogen-bond donors (Lipinski definition) is 0. The van der Waals surface area contributed by atoms with Crippen molar-refractivity contribution in [3.8, 4) is 17.2 Å². The van der Waals surface area contributed by atoms with Gasteiger partial charge in [-0.15, -0.1) is 5.10 Å². The Morgan fingerprint density at radius 3 is 2.52 bits per heavy atom. The van der Waals surface area contributed by atoms with Crippen LogP contribution < -0.4 is 0 Å². The Morgan fingerprint density at radius 2 is 1.83 bits per heavy atom. The lowest BCUT2D eigenvalue weighted by Gasteiger charge is -2.08. The molecule has 0 radical (unpaired) electrons. The number of hydrogen-bond acceptors (Lipinski definition) is 5. The fourth-order valence-corrected chi connectivity index (χ4v) is 2.77. The van der Waals surface area contributed by atoms with Gasteiger partial charge in [0.25, 0.3) is 0 Å². The van der Waals surface area contributed by atoms with Crippen LogP contribution in [0.3, 0.4) is 0 Å². The largest absolute Gasteiger partial charge is 0.236 e. The first kappa shape index (κ1) is 14.0. The van der Waals surface area contributed by atoms with Crippen LogP contribution in [0, 0.1) is 13.8 Å². The second-order valence-electron chi connectivity index (χ2n) is 5.11. The van der Waals surface area contributed by atoms with Gasteiger partial charge in [0.1, 0.15) is 24.0 Å². The summed E-state index contributed by atoms with van der Waals surface area (Å²) in [6, 6.07) is 7.86. The molecular formula is C15H12BrN7. The van der Waals surface area contributed by atoms with Gasteiger partial charge in [0.2, 0.25) is 0 Å². The molecule has 0 unspecified atom stereocenters. The molecule has 3 aromatic heterocycles. The zero-order valence-electron chi connectivity index (χ0n) is 12.5. The molecule has 23 heavy (non-hydrogen) atoms. The molecular weight excluding hydrogens is 358 g/mol. The zero-order valence-corrected chi connectivity index (χ0v) is 14.1. The number of fused-ring (bicyclic) bond motifs is 1. The van der Waals surface area contributed by atoms with E-state index >= 15 is 0 Å². The highest BCUT2D eigenvalue weighted by Crippen LogP contribution is 2.23. The quantitative estimate of drug-likeness (QED) is 0.543. The van der Waals surface area contributed by atoms with Crippen LogP contribution in [0.1, 0.15) is 11.5 Å². The molecule has 3 heterocycles. The van der Waals surface area contributed by atoms with Crippen molar-refractivity contribution in [1.29, 1.82) is 0 Å². The molecule has 0 saturated carbocycles. The van der Waals surface area contributed by atoms with E-state index in [1.807, 2.05) is 38.1 Å². The third kappa shape index (κ3) is 2.31. The molecule has 0 spiro atoms. The molecule has 0 aliphatic heterocycles. The minimum atomic E-state index is 0.607. The molecule has 4 aromatic rings. The topological polar surface area (TPSA) is 73.8 Å². The van der Waals surface area contributed by atoms with E-state index in [2.05, 4.69) is 36.1 Å². The predicted molar refractivity (Wildman–Crippen MR) is 88.3 cm³/mol. The first-order valence-electron chi connectivity index (χ1n) is 6.98. The van der Waals surface area contributed by atoms with Gasteiger partial charge in [-0.2, -0.15) is 5.10 Å². The van der Waals surface area contributed by atoms with Crippen molar-refractivity contribution >= 4 is 21.4 Å². The number of aryl methyl sites for hydroxylation is 2. The highest BCUT2D eigenvalue weighted by molar-refractivity contribution is 9.10. The molecule has 0 bridgehead atoms. The lowest BCUT2D eigenvalue weighted by Crippen LogP contribution is -2.08. The summed E-state index contributed by atoms with van der Waals surface area (Å²) in [5, 5.41) is 8.83. The Labute approximate surface area is 140 Å². The lowest BCUT2D eigenvalue weighted by atomic mass is 10.2. The molecule has 0 amide bonds. The van der Waals surface area contributed by atoms with Crippen molar-refractivity contribution in [3.63, 3.8) is 0 Å². The molecule has 0 aliphatic carbocycles. The molecule has 8 heteroatoms. The second-order valence-corrected chi connectivity index (χ2v) is 6.03. The number of nitrogens with zero attached hydrogens (tertiary/aromatic N) is 7. The Kier molecular flexibility index (Phi) is 3.19. The van der Waals surface area contributed by atoms with Crippen LogP contribution in [-0.2, 0) is 0 Å². The molecule has 7 nitrogen and oxygen atoms in total. The van der Waals surface area contributed by atoms with Gasteiger partial charge < -0.3 is 0 Å². The van der Waals surface area contributed by atoms with E-state index in [0.717, 1.165) is 27.1 Å². The molecule has 0 saturated heterocycles. The van der Waals surface area contributed by atoms with E-state index in [1.165, 1.54) is 6.33 Å². The summed E-state index contributed by atoms with van der Waals surface area (Å²) in [5.41, 5.74) is 2.60. The van der Waals surface area contributed by atoms with Crippen molar-refractivity contribution in [2.24, 2.45) is 0 Å². The summed E-state index contributed by atoms with van der Waals surface area (Å²) in [5.74, 6) is 2.07. The van der Waals surface area contributed by atoms with E-state index in [-0.39, 0.29) is 0 Å². The van der Waals surface area contributed by atoms with Crippen LogP contribution in [0.15, 0.2) is 41.4 Å². The van der Waals surface area contributed by atoms with Gasteiger partial charge in [-0.3, -0.25) is 0 Å². The number of aromatic nitrogens is 7. The van der Waals surface area contributed by atoms with Gasteiger partial charge in [0.15, 0.2) is 11.6 Å². The summed E-state index contributed by atoms with van der Waals surface area (Å²) in [7, 11) is 0. The molecule has 1 aromatic carbocycles. The van der Waals surface area contributed by atoms with Crippen LogP contribution in [0.25, 0.3) is 22.7 Å². The predicted octanol–water partition coefficient (Wildman–Crippen LogP) is 2.75. The maximum Gasteiger partial charge on any atom is 0.185 e. The standard InChI is InChI=1S/C15H12BrN7/c1-9-13-15(22-8-17-7-18-22)20-14(21-23(13)10(2)19-9)11-3-5-12(16)6-4-11/h3-8H,1-2H3. The highest BCUT2D eigenvalue weighted by Gasteiger charge is 2.17. The van der Waals surface area contributed by atoms with Crippen LogP contribution in [-0.4, -0.2) is 34.3 Å². The number of halogens is 1. The minimum absolute atomic E-state index is 0.607. The number of benzene rings is 1. The van der Waals surface area contributed by atoms with Gasteiger partial charge >= 0.3 is 0 Å². The number of imidazole rings is 1. The fourth-order valence-electron chi connectivity index (χ4n) is 2.51. The van der Waals surface area contributed by atoms with E-state index in [4.69, 9.17) is 4.98 Å². The minimum Gasteiger partial charge on any atom is -0.236 e. The normalized spacial score (nSPS) is 11.3. The van der Waals surface area contributed by atoms with Crippen LogP contribution in [0.4, 0.5) is 0 Å². The zero-order chi connectivity index (χ0) is 16.0. The van der Waals surface area contributed by atoms with Gasteiger partial charge in [0, 0.05) is 10.0 Å². The van der Waals surface area contributed by atoms with Crippen molar-refractivity contribution in [2.45, 2.75) is 13.8 Å². The van der Waals surface area contributed by atoms with Crippen molar-refractivity contribution in [3.05, 3.63) is 52.9 Å². The van der Waals surface area contributed by atoms with Crippen molar-refractivity contribution in [2.75, 3.05) is 0 Å². The second kappa shape index (κ2) is 5.24. The van der Waals surface area contributed by atoms with E-state index < -0.39 is 0 Å². The van der Waals surface area contributed by atoms with Gasteiger partial charge in [0.05, 0.1) is 5.69 Å². The van der Waals surface area contributed by atoms with Gasteiger partial charge in [-0.25, -0.2) is 24.1 Å². The Hall–Kier alpha value is -2.61. The molecule has 0 N–H and O–H groups in total. The molecule has 0 fully saturated rings.